The van der Waals surface area contributed by atoms with Crippen molar-refractivity contribution < 1.29 is 9.90 Å². The topological polar surface area (TPSA) is 75.3 Å². The van der Waals surface area contributed by atoms with Crippen molar-refractivity contribution in [2.75, 3.05) is 5.32 Å². The molecule has 1 aromatic carbocycles. The predicted molar refractivity (Wildman–Crippen MR) is 58.0 cm³/mol. The number of aromatic carboxylic acids is 1. The summed E-state index contributed by atoms with van der Waals surface area (Å²) in [5.41, 5.74) is 6.83. The second-order valence-electron chi connectivity index (χ2n) is 3.96. The molecule has 0 atom stereocenters. The molecule has 1 aliphatic rings. The first-order chi connectivity index (χ1) is 7.15. The van der Waals surface area contributed by atoms with Crippen LogP contribution in [0.15, 0.2) is 24.3 Å². The Morgan fingerprint density at radius 3 is 2.80 bits per heavy atom. The van der Waals surface area contributed by atoms with Crippen LogP contribution in [0.3, 0.4) is 0 Å². The second kappa shape index (κ2) is 3.90. The molecular formula is C11H14N2O2. The molecule has 15 heavy (non-hydrogen) atoms. The molecule has 0 amide bonds. The Kier molecular flexibility index (Phi) is 2.60. The quantitative estimate of drug-likeness (QED) is 0.696. The van der Waals surface area contributed by atoms with Gasteiger partial charge in [0.25, 0.3) is 0 Å². The third kappa shape index (κ3) is 2.27. The molecule has 4 heteroatoms. The van der Waals surface area contributed by atoms with Gasteiger partial charge in [0.2, 0.25) is 0 Å². The van der Waals surface area contributed by atoms with E-state index < -0.39 is 5.97 Å². The Morgan fingerprint density at radius 2 is 2.20 bits per heavy atom. The standard InChI is InChI=1S/C11H14N2O2/c12-8-5-10(6-8)13-9-3-1-2-7(4-9)11(14)15/h1-4,8,10,13H,5-6,12H2,(H,14,15). The fourth-order valence-corrected chi connectivity index (χ4v) is 1.76. The summed E-state index contributed by atoms with van der Waals surface area (Å²) in [6.07, 6.45) is 1.91. The third-order valence-electron chi connectivity index (χ3n) is 2.65. The van der Waals surface area contributed by atoms with Crippen molar-refractivity contribution >= 4 is 11.7 Å². The molecule has 0 spiro atoms. The molecule has 4 N–H and O–H groups in total. The number of hydrogen-bond acceptors (Lipinski definition) is 3. The van der Waals surface area contributed by atoms with Gasteiger partial charge in [-0.15, -0.1) is 0 Å². The monoisotopic (exact) mass is 206 g/mol. The lowest BCUT2D eigenvalue weighted by molar-refractivity contribution is 0.0697. The van der Waals surface area contributed by atoms with Gasteiger partial charge in [-0.25, -0.2) is 4.79 Å². The van der Waals surface area contributed by atoms with Gasteiger partial charge in [-0.1, -0.05) is 6.07 Å². The van der Waals surface area contributed by atoms with Crippen LogP contribution in [-0.4, -0.2) is 23.2 Å². The van der Waals surface area contributed by atoms with Crippen LogP contribution in [0.2, 0.25) is 0 Å². The molecule has 1 aromatic rings. The average Bonchev–Trinajstić information content (AvgIpc) is 2.16. The fraction of sp³-hybridized carbons (Fsp3) is 0.364. The van der Waals surface area contributed by atoms with E-state index in [2.05, 4.69) is 5.32 Å². The smallest absolute Gasteiger partial charge is 0.335 e. The van der Waals surface area contributed by atoms with Crippen LogP contribution in [0, 0.1) is 0 Å². The van der Waals surface area contributed by atoms with Crippen molar-refractivity contribution in [1.29, 1.82) is 0 Å². The van der Waals surface area contributed by atoms with Gasteiger partial charge in [-0.05, 0) is 31.0 Å². The summed E-state index contributed by atoms with van der Waals surface area (Å²) >= 11 is 0. The lowest BCUT2D eigenvalue weighted by Gasteiger charge is -2.33. The predicted octanol–water partition coefficient (Wildman–Crippen LogP) is 1.29. The van der Waals surface area contributed by atoms with Gasteiger partial charge in [-0.2, -0.15) is 0 Å². The van der Waals surface area contributed by atoms with E-state index in [0.717, 1.165) is 18.5 Å². The Labute approximate surface area is 88.1 Å². The average molecular weight is 206 g/mol. The number of carbonyl (C=O) groups is 1. The largest absolute Gasteiger partial charge is 0.478 e. The first kappa shape index (κ1) is 9.98. The fourth-order valence-electron chi connectivity index (χ4n) is 1.76. The second-order valence-corrected chi connectivity index (χ2v) is 3.96. The van der Waals surface area contributed by atoms with Crippen molar-refractivity contribution in [2.45, 2.75) is 24.9 Å². The van der Waals surface area contributed by atoms with Gasteiger partial charge in [0, 0.05) is 17.8 Å². The van der Waals surface area contributed by atoms with Gasteiger partial charge in [0.05, 0.1) is 5.56 Å². The van der Waals surface area contributed by atoms with Crippen molar-refractivity contribution in [2.24, 2.45) is 5.73 Å². The minimum atomic E-state index is -0.899. The summed E-state index contributed by atoms with van der Waals surface area (Å²) in [7, 11) is 0. The molecule has 0 heterocycles. The molecule has 0 aromatic heterocycles. The summed E-state index contributed by atoms with van der Waals surface area (Å²) in [6, 6.07) is 7.53. The minimum Gasteiger partial charge on any atom is -0.478 e. The van der Waals surface area contributed by atoms with E-state index in [9.17, 15) is 4.79 Å². The van der Waals surface area contributed by atoms with Crippen molar-refractivity contribution in [1.82, 2.24) is 0 Å². The first-order valence-corrected chi connectivity index (χ1v) is 5.00. The van der Waals surface area contributed by atoms with E-state index in [4.69, 9.17) is 10.8 Å². The van der Waals surface area contributed by atoms with Crippen LogP contribution in [0.4, 0.5) is 5.69 Å². The zero-order valence-corrected chi connectivity index (χ0v) is 8.31. The molecule has 1 aliphatic carbocycles. The van der Waals surface area contributed by atoms with Gasteiger partial charge in [0.15, 0.2) is 0 Å². The highest BCUT2D eigenvalue weighted by Gasteiger charge is 2.25. The first-order valence-electron chi connectivity index (χ1n) is 5.00. The summed E-state index contributed by atoms with van der Waals surface area (Å²) in [4.78, 5) is 10.7. The van der Waals surface area contributed by atoms with Gasteiger partial charge in [-0.3, -0.25) is 0 Å². The van der Waals surface area contributed by atoms with Crippen LogP contribution < -0.4 is 11.1 Å². The zero-order valence-electron chi connectivity index (χ0n) is 8.31. The summed E-state index contributed by atoms with van der Waals surface area (Å²) < 4.78 is 0. The number of hydrogen-bond donors (Lipinski definition) is 3. The molecule has 0 radical (unpaired) electrons. The van der Waals surface area contributed by atoms with E-state index in [1.807, 2.05) is 6.07 Å². The number of anilines is 1. The van der Waals surface area contributed by atoms with Crippen LogP contribution in [0.25, 0.3) is 0 Å². The molecule has 0 unspecified atom stereocenters. The Bertz CT molecular complexity index is 373. The molecule has 80 valence electrons. The van der Waals surface area contributed by atoms with Crippen LogP contribution in [0.1, 0.15) is 23.2 Å². The highest BCUT2D eigenvalue weighted by molar-refractivity contribution is 5.88. The van der Waals surface area contributed by atoms with E-state index in [1.54, 1.807) is 18.2 Å². The number of benzene rings is 1. The lowest BCUT2D eigenvalue weighted by Crippen LogP contribution is -2.44. The van der Waals surface area contributed by atoms with Crippen LogP contribution >= 0.6 is 0 Å². The number of rotatable bonds is 3. The SMILES string of the molecule is NC1CC(Nc2cccc(C(=O)O)c2)C1. The maximum atomic E-state index is 10.7. The summed E-state index contributed by atoms with van der Waals surface area (Å²) in [6.45, 7) is 0. The molecular weight excluding hydrogens is 192 g/mol. The highest BCUT2D eigenvalue weighted by Crippen LogP contribution is 2.22. The zero-order chi connectivity index (χ0) is 10.8. The van der Waals surface area contributed by atoms with Gasteiger partial charge >= 0.3 is 5.97 Å². The van der Waals surface area contributed by atoms with Crippen LogP contribution in [0.5, 0.6) is 0 Å². The van der Waals surface area contributed by atoms with E-state index >= 15 is 0 Å². The Balaban J connectivity index is 2.02. The number of carboxylic acid groups (broad SMARTS) is 1. The summed E-state index contributed by atoms with van der Waals surface area (Å²) in [5.74, 6) is -0.899. The third-order valence-corrected chi connectivity index (χ3v) is 2.65. The maximum Gasteiger partial charge on any atom is 0.335 e. The van der Waals surface area contributed by atoms with Crippen LogP contribution in [-0.2, 0) is 0 Å². The van der Waals surface area contributed by atoms with E-state index in [-0.39, 0.29) is 0 Å². The highest BCUT2D eigenvalue weighted by atomic mass is 16.4. The van der Waals surface area contributed by atoms with Crippen molar-refractivity contribution in [3.63, 3.8) is 0 Å². The van der Waals surface area contributed by atoms with Gasteiger partial charge in [0.1, 0.15) is 0 Å². The molecule has 0 bridgehead atoms. The molecule has 4 nitrogen and oxygen atoms in total. The molecule has 0 aliphatic heterocycles. The summed E-state index contributed by atoms with van der Waals surface area (Å²) in [5, 5.41) is 12.1. The number of nitrogens with one attached hydrogen (secondary N) is 1. The lowest BCUT2D eigenvalue weighted by atomic mass is 9.87. The Morgan fingerprint density at radius 1 is 1.47 bits per heavy atom. The molecule has 2 rings (SSSR count). The molecule has 1 saturated carbocycles. The maximum absolute atomic E-state index is 10.7. The number of nitrogens with two attached hydrogens (primary N) is 1. The van der Waals surface area contributed by atoms with Crippen molar-refractivity contribution in [3.05, 3.63) is 29.8 Å². The Hall–Kier alpha value is -1.55. The number of carboxylic acids is 1. The normalized spacial score (nSPS) is 24.3. The van der Waals surface area contributed by atoms with Crippen molar-refractivity contribution in [3.8, 4) is 0 Å². The molecule has 0 saturated heterocycles. The van der Waals surface area contributed by atoms with Gasteiger partial charge < -0.3 is 16.2 Å². The van der Waals surface area contributed by atoms with E-state index in [0.29, 0.717) is 17.6 Å². The van der Waals surface area contributed by atoms with E-state index in [1.165, 1.54) is 0 Å². The molecule has 1 fully saturated rings. The minimum absolute atomic E-state index is 0.296.